The smallest absolute Gasteiger partial charge is 0.244 e. The Balaban J connectivity index is 2.36. The van der Waals surface area contributed by atoms with Gasteiger partial charge in [-0.15, -0.1) is 0 Å². The van der Waals surface area contributed by atoms with Crippen LogP contribution in [-0.4, -0.2) is 42.0 Å². The first-order valence-electron chi connectivity index (χ1n) is 6.44. The SMILES string of the molecule is CC1(C)CN(S(=O)(=O)c2ccc(N)nc2)CC(C)(C)O1. The fourth-order valence-corrected chi connectivity index (χ4v) is 4.27. The van der Waals surface area contributed by atoms with Crippen molar-refractivity contribution in [2.24, 2.45) is 0 Å². The molecule has 0 amide bonds. The van der Waals surface area contributed by atoms with Crippen molar-refractivity contribution in [1.29, 1.82) is 0 Å². The van der Waals surface area contributed by atoms with E-state index in [9.17, 15) is 8.42 Å². The molecule has 1 aromatic heterocycles. The predicted molar refractivity (Wildman–Crippen MR) is 76.7 cm³/mol. The van der Waals surface area contributed by atoms with Gasteiger partial charge in [-0.25, -0.2) is 13.4 Å². The minimum Gasteiger partial charge on any atom is -0.384 e. The predicted octanol–water partition coefficient (Wildman–Crippen LogP) is 1.24. The Bertz CT molecular complexity index is 578. The number of nitrogen functional groups attached to an aromatic ring is 1. The molecule has 0 radical (unpaired) electrons. The Morgan fingerprint density at radius 3 is 2.20 bits per heavy atom. The van der Waals surface area contributed by atoms with E-state index in [-0.39, 0.29) is 4.90 Å². The highest BCUT2D eigenvalue weighted by atomic mass is 32.2. The zero-order chi connectivity index (χ0) is 15.2. The molecular formula is C13H21N3O3S. The highest BCUT2D eigenvalue weighted by Crippen LogP contribution is 2.31. The van der Waals surface area contributed by atoms with Crippen molar-refractivity contribution in [2.75, 3.05) is 18.8 Å². The molecule has 1 aliphatic heterocycles. The van der Waals surface area contributed by atoms with E-state index in [0.717, 1.165) is 0 Å². The molecule has 20 heavy (non-hydrogen) atoms. The number of ether oxygens (including phenoxy) is 1. The molecule has 0 unspecified atom stereocenters. The van der Waals surface area contributed by atoms with Gasteiger partial charge >= 0.3 is 0 Å². The van der Waals surface area contributed by atoms with Gasteiger partial charge in [0.2, 0.25) is 10.0 Å². The van der Waals surface area contributed by atoms with Crippen molar-refractivity contribution in [1.82, 2.24) is 9.29 Å². The fraction of sp³-hybridized carbons (Fsp3) is 0.615. The molecule has 6 nitrogen and oxygen atoms in total. The second-order valence-corrected chi connectivity index (χ2v) is 8.25. The lowest BCUT2D eigenvalue weighted by Crippen LogP contribution is -2.58. The number of nitrogens with zero attached hydrogens (tertiary/aromatic N) is 2. The van der Waals surface area contributed by atoms with Crippen molar-refractivity contribution in [3.8, 4) is 0 Å². The first-order valence-corrected chi connectivity index (χ1v) is 7.88. The number of sulfonamides is 1. The summed E-state index contributed by atoms with van der Waals surface area (Å²) in [5.41, 5.74) is 4.43. The number of pyridine rings is 1. The van der Waals surface area contributed by atoms with E-state index in [1.165, 1.54) is 22.6 Å². The zero-order valence-corrected chi connectivity index (χ0v) is 13.1. The zero-order valence-electron chi connectivity index (χ0n) is 12.3. The number of morpholine rings is 1. The molecule has 0 spiro atoms. The van der Waals surface area contributed by atoms with Crippen LogP contribution in [0.1, 0.15) is 27.7 Å². The third kappa shape index (κ3) is 3.11. The maximum atomic E-state index is 12.7. The van der Waals surface area contributed by atoms with Crippen LogP contribution in [0.2, 0.25) is 0 Å². The molecule has 0 aliphatic carbocycles. The van der Waals surface area contributed by atoms with Crippen molar-refractivity contribution < 1.29 is 13.2 Å². The summed E-state index contributed by atoms with van der Waals surface area (Å²) in [6.45, 7) is 8.16. The summed E-state index contributed by atoms with van der Waals surface area (Å²) in [5.74, 6) is 0.298. The number of rotatable bonds is 2. The molecule has 1 aliphatic rings. The van der Waals surface area contributed by atoms with Gasteiger partial charge < -0.3 is 10.5 Å². The molecule has 0 saturated carbocycles. The average Bonchev–Trinajstić information content (AvgIpc) is 2.25. The Morgan fingerprint density at radius 1 is 1.20 bits per heavy atom. The first-order chi connectivity index (χ1) is 9.02. The molecule has 1 fully saturated rings. The van der Waals surface area contributed by atoms with E-state index in [4.69, 9.17) is 10.5 Å². The van der Waals surface area contributed by atoms with Gasteiger partial charge in [0, 0.05) is 19.3 Å². The summed E-state index contributed by atoms with van der Waals surface area (Å²) >= 11 is 0. The van der Waals surface area contributed by atoms with Crippen molar-refractivity contribution in [3.63, 3.8) is 0 Å². The molecule has 2 heterocycles. The van der Waals surface area contributed by atoms with E-state index < -0.39 is 21.2 Å². The number of hydrogen-bond donors (Lipinski definition) is 1. The van der Waals surface area contributed by atoms with E-state index >= 15 is 0 Å². The molecule has 0 bridgehead atoms. The quantitative estimate of drug-likeness (QED) is 0.888. The van der Waals surface area contributed by atoms with Crippen LogP contribution in [-0.2, 0) is 14.8 Å². The maximum absolute atomic E-state index is 12.7. The number of nitrogens with two attached hydrogens (primary N) is 1. The third-order valence-electron chi connectivity index (χ3n) is 3.06. The monoisotopic (exact) mass is 299 g/mol. The minimum absolute atomic E-state index is 0.153. The van der Waals surface area contributed by atoms with Gasteiger partial charge in [-0.3, -0.25) is 0 Å². The number of aromatic nitrogens is 1. The fourth-order valence-electron chi connectivity index (χ4n) is 2.58. The van der Waals surface area contributed by atoms with Gasteiger partial charge in [0.1, 0.15) is 10.7 Å². The summed E-state index contributed by atoms with van der Waals surface area (Å²) in [6.07, 6.45) is 1.29. The lowest BCUT2D eigenvalue weighted by molar-refractivity contribution is -0.163. The molecule has 0 aromatic carbocycles. The van der Waals surface area contributed by atoms with Crippen LogP contribution < -0.4 is 5.73 Å². The van der Waals surface area contributed by atoms with Crippen molar-refractivity contribution in [3.05, 3.63) is 18.3 Å². The van der Waals surface area contributed by atoms with E-state index in [1.807, 2.05) is 27.7 Å². The summed E-state index contributed by atoms with van der Waals surface area (Å²) in [6, 6.07) is 2.97. The summed E-state index contributed by atoms with van der Waals surface area (Å²) < 4.78 is 32.7. The van der Waals surface area contributed by atoms with Crippen LogP contribution in [0, 0.1) is 0 Å². The number of hydrogen-bond acceptors (Lipinski definition) is 5. The standard InChI is InChI=1S/C13H21N3O3S/c1-12(2)8-16(9-13(3,4)19-12)20(17,18)10-5-6-11(14)15-7-10/h5-7H,8-9H2,1-4H3,(H2,14,15). The number of anilines is 1. The van der Waals surface area contributed by atoms with Crippen molar-refractivity contribution >= 4 is 15.8 Å². The lowest BCUT2D eigenvalue weighted by atomic mass is 10.0. The summed E-state index contributed by atoms with van der Waals surface area (Å²) in [7, 11) is -3.59. The Morgan fingerprint density at radius 2 is 1.75 bits per heavy atom. The van der Waals surface area contributed by atoms with Gasteiger partial charge in [-0.2, -0.15) is 4.31 Å². The molecule has 1 aromatic rings. The van der Waals surface area contributed by atoms with Gasteiger partial charge in [0.05, 0.1) is 11.2 Å². The summed E-state index contributed by atoms with van der Waals surface area (Å²) in [4.78, 5) is 4.01. The van der Waals surface area contributed by atoms with E-state index in [2.05, 4.69) is 4.98 Å². The third-order valence-corrected chi connectivity index (χ3v) is 4.84. The summed E-state index contributed by atoms with van der Waals surface area (Å²) in [5, 5.41) is 0. The molecular weight excluding hydrogens is 278 g/mol. The Hall–Kier alpha value is -1.18. The van der Waals surface area contributed by atoms with Crippen LogP contribution in [0.5, 0.6) is 0 Å². The second-order valence-electron chi connectivity index (χ2n) is 6.31. The van der Waals surface area contributed by atoms with E-state index in [1.54, 1.807) is 0 Å². The molecule has 1 saturated heterocycles. The lowest BCUT2D eigenvalue weighted by Gasteiger charge is -2.46. The van der Waals surface area contributed by atoms with E-state index in [0.29, 0.717) is 18.9 Å². The van der Waals surface area contributed by atoms with Gasteiger partial charge in [-0.05, 0) is 39.8 Å². The van der Waals surface area contributed by atoms with Gasteiger partial charge in [-0.1, -0.05) is 0 Å². The van der Waals surface area contributed by atoms with Crippen LogP contribution in [0.4, 0.5) is 5.82 Å². The first kappa shape index (κ1) is 15.2. The highest BCUT2D eigenvalue weighted by molar-refractivity contribution is 7.89. The average molecular weight is 299 g/mol. The molecule has 2 N–H and O–H groups in total. The van der Waals surface area contributed by atoms with Crippen molar-refractivity contribution in [2.45, 2.75) is 43.8 Å². The van der Waals surface area contributed by atoms with Crippen LogP contribution in [0.25, 0.3) is 0 Å². The minimum atomic E-state index is -3.59. The topological polar surface area (TPSA) is 85.5 Å². The Kier molecular flexibility index (Phi) is 3.56. The van der Waals surface area contributed by atoms with Crippen LogP contribution in [0.15, 0.2) is 23.2 Å². The van der Waals surface area contributed by atoms with Crippen LogP contribution >= 0.6 is 0 Å². The molecule has 112 valence electrons. The molecule has 7 heteroatoms. The highest BCUT2D eigenvalue weighted by Gasteiger charge is 2.43. The largest absolute Gasteiger partial charge is 0.384 e. The molecule has 2 rings (SSSR count). The second kappa shape index (κ2) is 4.68. The van der Waals surface area contributed by atoms with Gasteiger partial charge in [0.15, 0.2) is 0 Å². The Labute approximate surface area is 120 Å². The van der Waals surface area contributed by atoms with Crippen LogP contribution in [0.3, 0.4) is 0 Å². The molecule has 0 atom stereocenters. The normalized spacial score (nSPS) is 22.6. The van der Waals surface area contributed by atoms with Gasteiger partial charge in [0.25, 0.3) is 0 Å². The maximum Gasteiger partial charge on any atom is 0.244 e.